The topological polar surface area (TPSA) is 79.3 Å². The third-order valence-electron chi connectivity index (χ3n) is 7.06. The van der Waals surface area contributed by atoms with E-state index in [2.05, 4.69) is 40.2 Å². The maximum atomic E-state index is 13.1. The fourth-order valence-electron chi connectivity index (χ4n) is 4.88. The Morgan fingerprint density at radius 1 is 1.26 bits per heavy atom. The summed E-state index contributed by atoms with van der Waals surface area (Å²) < 4.78 is 1.20. The molecule has 0 unspecified atom stereocenters. The number of carbonyl (C=O) groups excluding carboxylic acids is 2. The number of imidazole rings is 1. The first kappa shape index (κ1) is 25.9. The van der Waals surface area contributed by atoms with Crippen LogP contribution < -0.4 is 10.3 Å². The number of piperidine rings is 1. The summed E-state index contributed by atoms with van der Waals surface area (Å²) in [7, 11) is 2.11. The van der Waals surface area contributed by atoms with E-state index in [4.69, 9.17) is 11.6 Å². The molecule has 3 aromatic rings. The molecule has 1 aromatic carbocycles. The van der Waals surface area contributed by atoms with E-state index in [1.54, 1.807) is 18.3 Å². The minimum absolute atomic E-state index is 0.0652. The van der Waals surface area contributed by atoms with Crippen LogP contribution in [0.25, 0.3) is 20.7 Å². The second kappa shape index (κ2) is 11.7. The lowest BCUT2D eigenvalue weighted by Crippen LogP contribution is -2.41. The lowest BCUT2D eigenvalue weighted by Gasteiger charge is -2.28. The number of H-pyrrole nitrogens is 2. The lowest BCUT2D eigenvalue weighted by molar-refractivity contribution is -0.391. The van der Waals surface area contributed by atoms with Gasteiger partial charge in [-0.1, -0.05) is 24.4 Å². The van der Waals surface area contributed by atoms with Crippen LogP contribution in [-0.2, 0) is 9.59 Å². The van der Waals surface area contributed by atoms with Crippen molar-refractivity contribution in [3.05, 3.63) is 40.8 Å². The smallest absolute Gasteiger partial charge is 0.275 e. The highest BCUT2D eigenvalue weighted by Gasteiger charge is 2.29. The van der Waals surface area contributed by atoms with Crippen molar-refractivity contribution in [2.45, 2.75) is 64.8 Å². The molecule has 35 heavy (non-hydrogen) atoms. The summed E-state index contributed by atoms with van der Waals surface area (Å²) in [6.45, 7) is 5.69. The zero-order valence-corrected chi connectivity index (χ0v) is 22.5. The highest BCUT2D eigenvalue weighted by atomic mass is 35.5. The third kappa shape index (κ3) is 6.51. The maximum absolute atomic E-state index is 13.1. The highest BCUT2D eigenvalue weighted by molar-refractivity contribution is 7.22. The van der Waals surface area contributed by atoms with Crippen LogP contribution in [-0.4, -0.2) is 41.7 Å². The van der Waals surface area contributed by atoms with Gasteiger partial charge in [0.25, 0.3) is 5.82 Å². The van der Waals surface area contributed by atoms with Crippen molar-refractivity contribution in [2.75, 3.05) is 20.1 Å². The highest BCUT2D eigenvalue weighted by Crippen LogP contribution is 2.38. The average Bonchev–Trinajstić information content (AvgIpc) is 3.43. The van der Waals surface area contributed by atoms with E-state index in [0.717, 1.165) is 68.2 Å². The number of rotatable bonds is 10. The van der Waals surface area contributed by atoms with Crippen LogP contribution in [0.4, 0.5) is 0 Å². The van der Waals surface area contributed by atoms with Gasteiger partial charge in [-0.3, -0.25) is 4.79 Å². The molecule has 1 saturated heterocycles. The van der Waals surface area contributed by atoms with Gasteiger partial charge in [0.1, 0.15) is 18.0 Å². The van der Waals surface area contributed by atoms with Crippen LogP contribution in [0.3, 0.4) is 0 Å². The Kier molecular flexibility index (Phi) is 8.63. The number of unbranched alkanes of at least 4 members (excludes halogenated alkanes) is 2. The second-order valence-corrected chi connectivity index (χ2v) is 11.4. The number of carbonyl (C=O) groups is 2. The quantitative estimate of drug-likeness (QED) is 0.339. The summed E-state index contributed by atoms with van der Waals surface area (Å²) in [5, 5.41) is 5.24. The maximum Gasteiger partial charge on any atom is 0.275 e. The number of benzene rings is 1. The Labute approximate surface area is 216 Å². The van der Waals surface area contributed by atoms with Gasteiger partial charge < -0.3 is 15.0 Å². The van der Waals surface area contributed by atoms with E-state index in [0.29, 0.717) is 6.42 Å². The van der Waals surface area contributed by atoms with Crippen molar-refractivity contribution in [1.29, 1.82) is 0 Å². The fraction of sp³-hybridized carbons (Fsp3) is 0.519. The molecule has 4 rings (SSSR count). The molecule has 3 N–H and O–H groups in total. The number of fused-ring (bicyclic) bond motifs is 1. The summed E-state index contributed by atoms with van der Waals surface area (Å²) in [6.07, 6.45) is 8.08. The van der Waals surface area contributed by atoms with Crippen LogP contribution in [0.5, 0.6) is 0 Å². The van der Waals surface area contributed by atoms with E-state index < -0.39 is 0 Å². The van der Waals surface area contributed by atoms with Crippen LogP contribution in [0.15, 0.2) is 24.4 Å². The number of ketones is 1. The molecule has 1 amide bonds. The van der Waals surface area contributed by atoms with Gasteiger partial charge in [0.2, 0.25) is 5.91 Å². The molecule has 6 nitrogen and oxygen atoms in total. The Balaban J connectivity index is 1.51. The first-order chi connectivity index (χ1) is 16.8. The fourth-order valence-corrected chi connectivity index (χ4v) is 6.21. The zero-order valence-electron chi connectivity index (χ0n) is 20.9. The van der Waals surface area contributed by atoms with Crippen molar-refractivity contribution < 1.29 is 14.6 Å². The molecule has 1 fully saturated rings. The number of nitrogens with zero attached hydrogens (tertiary/aromatic N) is 1. The number of aryl methyl sites for hydroxylation is 1. The Morgan fingerprint density at radius 2 is 2.03 bits per heavy atom. The molecule has 1 atom stereocenters. The van der Waals surface area contributed by atoms with Gasteiger partial charge in [-0.15, -0.1) is 11.3 Å². The van der Waals surface area contributed by atoms with Gasteiger partial charge in [-0.05, 0) is 88.8 Å². The summed E-state index contributed by atoms with van der Waals surface area (Å²) in [5.41, 5.74) is 2.22. The van der Waals surface area contributed by atoms with Crippen molar-refractivity contribution in [3.8, 4) is 10.6 Å². The molecule has 2 aromatic heterocycles. The standard InChI is InChI=1S/C27H35ClN4O2S/c1-17(33)7-5-4-6-8-22(31-27(34)19-11-13-32(3)14-12-19)26-29-16-23(30-26)25-18(2)21-15-20(28)9-10-24(21)35-25/h9-10,15-16,19,22H,4-8,11-14H2,1-3H3,(H,29,30)(H,31,34)/p+1/t22-/m0/s1. The molecular weight excluding hydrogens is 480 g/mol. The molecule has 1 aliphatic heterocycles. The van der Waals surface area contributed by atoms with Gasteiger partial charge in [-0.25, -0.2) is 9.97 Å². The first-order valence-electron chi connectivity index (χ1n) is 12.6. The number of aromatic nitrogens is 2. The van der Waals surface area contributed by atoms with E-state index >= 15 is 0 Å². The van der Waals surface area contributed by atoms with E-state index in [1.807, 2.05) is 18.3 Å². The van der Waals surface area contributed by atoms with Crippen molar-refractivity contribution >= 4 is 44.7 Å². The number of hydrogen-bond acceptors (Lipinski definition) is 4. The minimum Gasteiger partial charge on any atom is -0.342 e. The van der Waals surface area contributed by atoms with Crippen LogP contribution in [0.2, 0.25) is 5.02 Å². The molecule has 0 saturated carbocycles. The minimum atomic E-state index is -0.114. The largest absolute Gasteiger partial charge is 0.342 e. The van der Waals surface area contributed by atoms with E-state index in [1.165, 1.54) is 20.5 Å². The molecule has 188 valence electrons. The molecule has 3 heterocycles. The number of nitrogens with one attached hydrogen (secondary N) is 3. The van der Waals surface area contributed by atoms with Crippen molar-refractivity contribution in [3.63, 3.8) is 0 Å². The molecule has 0 spiro atoms. The van der Waals surface area contributed by atoms with Gasteiger partial charge in [-0.2, -0.15) is 0 Å². The third-order valence-corrected chi connectivity index (χ3v) is 8.60. The zero-order chi connectivity index (χ0) is 24.9. The van der Waals surface area contributed by atoms with Crippen LogP contribution >= 0.6 is 22.9 Å². The van der Waals surface area contributed by atoms with Gasteiger partial charge in [0.15, 0.2) is 5.69 Å². The molecule has 0 aliphatic carbocycles. The average molecular weight is 516 g/mol. The molecule has 1 aliphatic rings. The summed E-state index contributed by atoms with van der Waals surface area (Å²) in [6, 6.07) is 5.90. The van der Waals surface area contributed by atoms with Crippen molar-refractivity contribution in [1.82, 2.24) is 15.2 Å². The Morgan fingerprint density at radius 3 is 2.77 bits per heavy atom. The number of amides is 1. The summed E-state index contributed by atoms with van der Waals surface area (Å²) in [5.74, 6) is 1.36. The number of thiophene rings is 1. The lowest BCUT2D eigenvalue weighted by atomic mass is 9.95. The Hall–Kier alpha value is -2.22. The molecule has 0 bridgehead atoms. The van der Waals surface area contributed by atoms with Crippen LogP contribution in [0, 0.1) is 12.8 Å². The summed E-state index contributed by atoms with van der Waals surface area (Å²) >= 11 is 7.97. The molecule has 8 heteroatoms. The predicted octanol–water partition coefficient (Wildman–Crippen LogP) is 5.71. The number of hydrogen-bond donors (Lipinski definition) is 2. The second-order valence-electron chi connectivity index (χ2n) is 9.88. The van der Waals surface area contributed by atoms with Gasteiger partial charge in [0, 0.05) is 22.1 Å². The predicted molar refractivity (Wildman–Crippen MR) is 143 cm³/mol. The number of halogens is 1. The summed E-state index contributed by atoms with van der Waals surface area (Å²) in [4.78, 5) is 34.8. The SMILES string of the molecule is CC(=O)CCCCC[C@H](NC(=O)C1CCN(C)CC1)c1[nH]c(-c2sc3ccc(Cl)cc3c2C)c[nH+]1. The first-order valence-corrected chi connectivity index (χ1v) is 13.8. The van der Waals surface area contributed by atoms with E-state index in [9.17, 15) is 9.59 Å². The van der Waals surface area contributed by atoms with Crippen molar-refractivity contribution in [2.24, 2.45) is 5.92 Å². The monoisotopic (exact) mass is 515 g/mol. The normalized spacial score (nSPS) is 16.0. The van der Waals surface area contributed by atoms with Gasteiger partial charge in [0.05, 0.1) is 4.88 Å². The van der Waals surface area contributed by atoms with E-state index in [-0.39, 0.29) is 23.7 Å². The number of Topliss-reactive ketones (excluding diaryl/α,β-unsaturated/α-hetero) is 1. The molecule has 0 radical (unpaired) electrons. The van der Waals surface area contributed by atoms with Gasteiger partial charge >= 0.3 is 0 Å². The Bertz CT molecular complexity index is 1180. The van der Waals surface area contributed by atoms with Crippen LogP contribution in [0.1, 0.15) is 69.3 Å². The number of likely N-dealkylation sites (tertiary alicyclic amines) is 1. The number of aromatic amines is 2. The molecular formula is C27H36ClN4O2S+.